The summed E-state index contributed by atoms with van der Waals surface area (Å²) >= 11 is 3.93. The standard InChI is InChI=1S/C28H26BrO3P/c1-30-24-19-23(25(20-13-7-4-8-14-20)27(32-3)26(24)31-2)28(33-29,21-15-9-5-10-16-21)22-17-11-6-12-18-22/h4-19,33H,1-3H3. The number of hydrogen-bond acceptors (Lipinski definition) is 3. The molecular weight excluding hydrogens is 495 g/mol. The Morgan fingerprint density at radius 3 is 1.55 bits per heavy atom. The van der Waals surface area contributed by atoms with Crippen molar-refractivity contribution in [2.45, 2.75) is 5.16 Å². The zero-order chi connectivity index (χ0) is 23.3. The van der Waals surface area contributed by atoms with Gasteiger partial charge in [0.25, 0.3) is 0 Å². The van der Waals surface area contributed by atoms with Gasteiger partial charge in [-0.3, -0.25) is 0 Å². The molecule has 0 aromatic heterocycles. The molecule has 4 aromatic rings. The van der Waals surface area contributed by atoms with Crippen molar-refractivity contribution in [2.24, 2.45) is 0 Å². The van der Waals surface area contributed by atoms with Gasteiger partial charge in [0.2, 0.25) is 5.75 Å². The molecule has 0 aliphatic carbocycles. The van der Waals surface area contributed by atoms with E-state index in [4.69, 9.17) is 14.2 Å². The third kappa shape index (κ3) is 4.14. The van der Waals surface area contributed by atoms with Gasteiger partial charge in [0, 0.05) is 5.56 Å². The Kier molecular flexibility index (Phi) is 7.37. The molecule has 1 atom stereocenters. The van der Waals surface area contributed by atoms with E-state index in [1.165, 1.54) is 11.1 Å². The fourth-order valence-corrected chi connectivity index (χ4v) is 7.22. The highest BCUT2D eigenvalue weighted by atomic mass is 79.9. The first kappa shape index (κ1) is 23.4. The Balaban J connectivity index is 2.21. The molecule has 0 radical (unpaired) electrons. The molecule has 5 heteroatoms. The molecule has 0 bridgehead atoms. The van der Waals surface area contributed by atoms with E-state index >= 15 is 0 Å². The summed E-state index contributed by atoms with van der Waals surface area (Å²) in [6, 6.07) is 33.5. The summed E-state index contributed by atoms with van der Waals surface area (Å²) in [5.74, 6) is 1.86. The van der Waals surface area contributed by atoms with Crippen molar-refractivity contribution in [1.82, 2.24) is 0 Å². The predicted molar refractivity (Wildman–Crippen MR) is 142 cm³/mol. The van der Waals surface area contributed by atoms with Crippen molar-refractivity contribution in [2.75, 3.05) is 21.3 Å². The number of halogens is 1. The second-order valence-corrected chi connectivity index (χ2v) is 9.64. The highest BCUT2D eigenvalue weighted by Crippen LogP contribution is 2.61. The third-order valence-electron chi connectivity index (χ3n) is 5.85. The fourth-order valence-electron chi connectivity index (χ4n) is 4.36. The average Bonchev–Trinajstić information content (AvgIpc) is 2.90. The van der Waals surface area contributed by atoms with Crippen LogP contribution in [0.25, 0.3) is 11.1 Å². The summed E-state index contributed by atoms with van der Waals surface area (Å²) in [4.78, 5) is 0. The number of ether oxygens (including phenoxy) is 3. The number of benzene rings is 4. The van der Waals surface area contributed by atoms with Gasteiger partial charge >= 0.3 is 0 Å². The van der Waals surface area contributed by atoms with Crippen molar-refractivity contribution in [3.63, 3.8) is 0 Å². The molecule has 0 aliphatic rings. The fraction of sp³-hybridized carbons (Fsp3) is 0.143. The maximum atomic E-state index is 6.00. The van der Waals surface area contributed by atoms with E-state index in [1.807, 2.05) is 30.3 Å². The van der Waals surface area contributed by atoms with E-state index < -0.39 is 5.16 Å². The minimum Gasteiger partial charge on any atom is -0.493 e. The Bertz CT molecular complexity index is 1160. The van der Waals surface area contributed by atoms with Crippen LogP contribution in [-0.4, -0.2) is 21.3 Å². The molecule has 33 heavy (non-hydrogen) atoms. The van der Waals surface area contributed by atoms with Crippen molar-refractivity contribution >= 4 is 22.8 Å². The second-order valence-electron chi connectivity index (χ2n) is 7.51. The molecule has 168 valence electrons. The normalized spacial score (nSPS) is 11.5. The van der Waals surface area contributed by atoms with Gasteiger partial charge in [-0.05, 0) is 35.6 Å². The molecule has 0 saturated heterocycles. The quantitative estimate of drug-likeness (QED) is 0.176. The van der Waals surface area contributed by atoms with E-state index in [2.05, 4.69) is 82.2 Å². The molecule has 4 aromatic carbocycles. The lowest BCUT2D eigenvalue weighted by molar-refractivity contribution is 0.324. The summed E-state index contributed by atoms with van der Waals surface area (Å²) in [6.07, 6.45) is 0. The maximum Gasteiger partial charge on any atom is 0.203 e. The molecule has 0 amide bonds. The van der Waals surface area contributed by atoms with Crippen LogP contribution in [-0.2, 0) is 5.16 Å². The van der Waals surface area contributed by atoms with E-state index in [0.29, 0.717) is 24.5 Å². The van der Waals surface area contributed by atoms with Crippen LogP contribution in [0.5, 0.6) is 17.2 Å². The number of methoxy groups -OCH3 is 3. The van der Waals surface area contributed by atoms with Crippen LogP contribution in [0.2, 0.25) is 0 Å². The van der Waals surface area contributed by atoms with E-state index in [0.717, 1.165) is 16.7 Å². The van der Waals surface area contributed by atoms with Gasteiger partial charge in [0.15, 0.2) is 11.5 Å². The summed E-state index contributed by atoms with van der Waals surface area (Å²) in [6.45, 7) is 0. The molecule has 0 aliphatic heterocycles. The Morgan fingerprint density at radius 1 is 0.636 bits per heavy atom. The van der Waals surface area contributed by atoms with Gasteiger partial charge in [-0.15, -0.1) is 0 Å². The summed E-state index contributed by atoms with van der Waals surface area (Å²) < 4.78 is 17.6. The summed E-state index contributed by atoms with van der Waals surface area (Å²) in [7, 11) is 5.32. The average molecular weight is 521 g/mol. The van der Waals surface area contributed by atoms with Crippen LogP contribution >= 0.6 is 22.8 Å². The first-order valence-electron chi connectivity index (χ1n) is 10.6. The van der Waals surface area contributed by atoms with Crippen molar-refractivity contribution in [1.29, 1.82) is 0 Å². The van der Waals surface area contributed by atoms with Gasteiger partial charge in [-0.1, -0.05) is 106 Å². The first-order chi connectivity index (χ1) is 16.2. The molecule has 0 saturated carbocycles. The Labute approximate surface area is 205 Å². The minimum absolute atomic E-state index is 0.346. The van der Waals surface area contributed by atoms with Crippen LogP contribution in [0, 0.1) is 0 Å². The second kappa shape index (κ2) is 10.4. The monoisotopic (exact) mass is 520 g/mol. The van der Waals surface area contributed by atoms with Gasteiger partial charge < -0.3 is 14.2 Å². The molecule has 3 nitrogen and oxygen atoms in total. The number of hydrogen-bond donors (Lipinski definition) is 0. The molecule has 0 heterocycles. The van der Waals surface area contributed by atoms with Crippen molar-refractivity contribution in [3.8, 4) is 28.4 Å². The van der Waals surface area contributed by atoms with Crippen molar-refractivity contribution in [3.05, 3.63) is 114 Å². The smallest absolute Gasteiger partial charge is 0.203 e. The molecule has 1 unspecified atom stereocenters. The molecule has 0 N–H and O–H groups in total. The number of rotatable bonds is 8. The largest absolute Gasteiger partial charge is 0.493 e. The first-order valence-corrected chi connectivity index (χ1v) is 13.8. The molecule has 4 rings (SSSR count). The topological polar surface area (TPSA) is 27.7 Å². The zero-order valence-electron chi connectivity index (χ0n) is 18.8. The Hall–Kier alpha value is -2.81. The lowest BCUT2D eigenvalue weighted by Gasteiger charge is -2.36. The molecule has 0 fully saturated rings. The van der Waals surface area contributed by atoms with Crippen LogP contribution in [0.3, 0.4) is 0 Å². The lowest BCUT2D eigenvalue weighted by Crippen LogP contribution is -2.24. The van der Waals surface area contributed by atoms with E-state index in [9.17, 15) is 0 Å². The van der Waals surface area contributed by atoms with Crippen LogP contribution in [0.1, 0.15) is 16.7 Å². The van der Waals surface area contributed by atoms with Gasteiger partial charge in [0.05, 0.1) is 26.5 Å². The predicted octanol–water partition coefficient (Wildman–Crippen LogP) is 7.66. The third-order valence-corrected chi connectivity index (χ3v) is 8.77. The molecular formula is C28H26BrO3P. The summed E-state index contributed by atoms with van der Waals surface area (Å²) in [5.41, 5.74) is 5.47. The van der Waals surface area contributed by atoms with Gasteiger partial charge in [-0.25, -0.2) is 0 Å². The van der Waals surface area contributed by atoms with Crippen LogP contribution < -0.4 is 14.2 Å². The minimum atomic E-state index is -0.486. The SMILES string of the molecule is COc1cc(C(PBr)(c2ccccc2)c2ccccc2)c(-c2ccccc2)c(OC)c1OC. The lowest BCUT2D eigenvalue weighted by atomic mass is 9.79. The Morgan fingerprint density at radius 2 is 1.12 bits per heavy atom. The van der Waals surface area contributed by atoms with Crippen LogP contribution in [0.4, 0.5) is 0 Å². The van der Waals surface area contributed by atoms with E-state index in [-0.39, 0.29) is 0 Å². The zero-order valence-corrected chi connectivity index (χ0v) is 21.4. The van der Waals surface area contributed by atoms with Crippen molar-refractivity contribution < 1.29 is 14.2 Å². The highest BCUT2D eigenvalue weighted by molar-refractivity contribution is 9.36. The summed E-state index contributed by atoms with van der Waals surface area (Å²) in [5, 5.41) is -0.486. The maximum absolute atomic E-state index is 6.00. The van der Waals surface area contributed by atoms with Gasteiger partial charge in [-0.2, -0.15) is 0 Å². The molecule has 0 spiro atoms. The highest BCUT2D eigenvalue weighted by Gasteiger charge is 2.40. The van der Waals surface area contributed by atoms with Gasteiger partial charge in [0.1, 0.15) is 0 Å². The van der Waals surface area contributed by atoms with Crippen LogP contribution in [0.15, 0.2) is 97.1 Å². The van der Waals surface area contributed by atoms with E-state index in [1.54, 1.807) is 21.3 Å².